The van der Waals surface area contributed by atoms with Crippen LogP contribution in [0, 0.1) is 12.3 Å². The molecule has 1 radical (unpaired) electrons. The van der Waals surface area contributed by atoms with Gasteiger partial charge < -0.3 is 4.74 Å². The number of ether oxygens (including phenoxy) is 1. The van der Waals surface area contributed by atoms with Gasteiger partial charge in [-0.15, -0.1) is 0 Å². The Hall–Kier alpha value is -0.480. The van der Waals surface area contributed by atoms with Crippen LogP contribution in [0.3, 0.4) is 0 Å². The van der Waals surface area contributed by atoms with E-state index in [0.717, 1.165) is 32.3 Å². The highest BCUT2D eigenvalue weighted by molar-refractivity contribution is 4.88. The first-order valence-electron chi connectivity index (χ1n) is 5.39. The molecule has 0 aliphatic carbocycles. The summed E-state index contributed by atoms with van der Waals surface area (Å²) in [6.45, 7) is 5.10. The van der Waals surface area contributed by atoms with E-state index in [1.807, 2.05) is 0 Å². The first kappa shape index (κ1) is 12.5. The first-order valence-corrected chi connectivity index (χ1v) is 5.39. The second-order valence-corrected chi connectivity index (χ2v) is 3.35. The van der Waals surface area contributed by atoms with Crippen LogP contribution in [0.5, 0.6) is 0 Å². The Balaban J connectivity index is 3.36. The molecular formula is C12H21O. The van der Waals surface area contributed by atoms with Gasteiger partial charge in [0, 0.05) is 6.61 Å². The Morgan fingerprint density at radius 2 is 1.85 bits per heavy atom. The third-order valence-corrected chi connectivity index (χ3v) is 2.05. The van der Waals surface area contributed by atoms with Gasteiger partial charge in [0.15, 0.2) is 0 Å². The zero-order valence-electron chi connectivity index (χ0n) is 8.94. The van der Waals surface area contributed by atoms with Gasteiger partial charge in [-0.2, -0.15) is 0 Å². The van der Waals surface area contributed by atoms with E-state index in [4.69, 9.17) is 11.2 Å². The third-order valence-electron chi connectivity index (χ3n) is 2.05. The van der Waals surface area contributed by atoms with Gasteiger partial charge in [-0.25, -0.2) is 0 Å². The summed E-state index contributed by atoms with van der Waals surface area (Å²) in [6, 6.07) is 0. The Bertz CT molecular complexity index is 125. The lowest BCUT2D eigenvalue weighted by molar-refractivity contribution is 0.0816. The van der Waals surface area contributed by atoms with Gasteiger partial charge in [0.1, 0.15) is 6.10 Å². The molecule has 0 saturated heterocycles. The summed E-state index contributed by atoms with van der Waals surface area (Å²) in [5.41, 5.74) is 0. The van der Waals surface area contributed by atoms with Gasteiger partial charge in [-0.05, 0) is 25.7 Å². The van der Waals surface area contributed by atoms with Crippen molar-refractivity contribution in [1.29, 1.82) is 0 Å². The van der Waals surface area contributed by atoms with Crippen molar-refractivity contribution < 1.29 is 4.74 Å². The molecule has 1 atom stereocenters. The summed E-state index contributed by atoms with van der Waals surface area (Å²) in [6.07, 6.45) is 13.8. The van der Waals surface area contributed by atoms with Gasteiger partial charge in [0.25, 0.3) is 0 Å². The van der Waals surface area contributed by atoms with Crippen molar-refractivity contribution in [2.45, 2.75) is 58.5 Å². The molecule has 0 amide bonds. The van der Waals surface area contributed by atoms with E-state index >= 15 is 0 Å². The normalized spacial score (nSPS) is 12.4. The molecule has 0 spiro atoms. The van der Waals surface area contributed by atoms with Crippen molar-refractivity contribution in [1.82, 2.24) is 0 Å². The van der Waals surface area contributed by atoms with Crippen molar-refractivity contribution in [3.63, 3.8) is 0 Å². The largest absolute Gasteiger partial charge is 0.365 e. The molecule has 0 aromatic carbocycles. The minimum atomic E-state index is -0.0573. The van der Waals surface area contributed by atoms with E-state index < -0.39 is 0 Å². The van der Waals surface area contributed by atoms with Gasteiger partial charge >= 0.3 is 0 Å². The molecule has 0 fully saturated rings. The van der Waals surface area contributed by atoms with E-state index in [1.54, 1.807) is 0 Å². The van der Waals surface area contributed by atoms with E-state index in [0.29, 0.717) is 0 Å². The highest BCUT2D eigenvalue weighted by Crippen LogP contribution is 2.06. The average Bonchev–Trinajstić information content (AvgIpc) is 2.16. The fourth-order valence-electron chi connectivity index (χ4n) is 1.15. The molecular weight excluding hydrogens is 160 g/mol. The molecule has 0 aromatic rings. The lowest BCUT2D eigenvalue weighted by Gasteiger charge is -2.10. The number of hydrogen-bond acceptors (Lipinski definition) is 1. The third kappa shape index (κ3) is 7.87. The van der Waals surface area contributed by atoms with E-state index in [2.05, 4.69) is 19.8 Å². The SMILES string of the molecule is [C]#CC(CCCCC)OCCCC. The molecule has 0 heterocycles. The molecule has 1 unspecified atom stereocenters. The van der Waals surface area contributed by atoms with Crippen LogP contribution in [0.1, 0.15) is 52.4 Å². The fourth-order valence-corrected chi connectivity index (χ4v) is 1.15. The standard InChI is InChI=1S/C12H21O/c1-4-7-9-10-12(6-3)13-11-8-5-2/h12H,4-5,7-11H2,1-2H3. The zero-order chi connectivity index (χ0) is 9.94. The lowest BCUT2D eigenvalue weighted by atomic mass is 10.1. The summed E-state index contributed by atoms with van der Waals surface area (Å²) in [5, 5.41) is 0. The molecule has 1 heteroatoms. The molecule has 0 bridgehead atoms. The lowest BCUT2D eigenvalue weighted by Crippen LogP contribution is -2.11. The first-order chi connectivity index (χ1) is 6.35. The van der Waals surface area contributed by atoms with Gasteiger partial charge in [-0.3, -0.25) is 0 Å². The monoisotopic (exact) mass is 181 g/mol. The predicted molar refractivity (Wildman–Crippen MR) is 55.9 cm³/mol. The second kappa shape index (κ2) is 9.61. The second-order valence-electron chi connectivity index (χ2n) is 3.35. The molecule has 1 nitrogen and oxygen atoms in total. The van der Waals surface area contributed by atoms with Crippen molar-refractivity contribution in [2.24, 2.45) is 0 Å². The summed E-state index contributed by atoms with van der Waals surface area (Å²) in [5.74, 6) is 2.45. The Morgan fingerprint density at radius 1 is 1.15 bits per heavy atom. The van der Waals surface area contributed by atoms with Crippen LogP contribution < -0.4 is 0 Å². The van der Waals surface area contributed by atoms with Gasteiger partial charge in [-0.1, -0.05) is 39.0 Å². The minimum absolute atomic E-state index is 0.0573. The topological polar surface area (TPSA) is 9.23 Å². The fraction of sp³-hybridized carbons (Fsp3) is 0.833. The maximum Gasteiger partial charge on any atom is 0.119 e. The predicted octanol–water partition coefficient (Wildman–Crippen LogP) is 3.34. The molecule has 0 aliphatic heterocycles. The maximum absolute atomic E-state index is 7.06. The van der Waals surface area contributed by atoms with Crippen LogP contribution in [0.25, 0.3) is 0 Å². The van der Waals surface area contributed by atoms with Crippen molar-refractivity contribution in [3.05, 3.63) is 6.42 Å². The molecule has 0 aromatic heterocycles. The summed E-state index contributed by atoms with van der Waals surface area (Å²) in [4.78, 5) is 0. The summed E-state index contributed by atoms with van der Waals surface area (Å²) >= 11 is 0. The van der Waals surface area contributed by atoms with E-state index in [-0.39, 0.29) is 6.10 Å². The zero-order valence-corrected chi connectivity index (χ0v) is 8.94. The minimum Gasteiger partial charge on any atom is -0.365 e. The molecule has 0 aliphatic rings. The molecule has 0 N–H and O–H groups in total. The van der Waals surface area contributed by atoms with E-state index in [9.17, 15) is 0 Å². The highest BCUT2D eigenvalue weighted by atomic mass is 16.5. The van der Waals surface area contributed by atoms with Crippen LogP contribution in [0.2, 0.25) is 0 Å². The Kier molecular flexibility index (Phi) is 9.25. The van der Waals surface area contributed by atoms with Gasteiger partial charge in [0.2, 0.25) is 0 Å². The van der Waals surface area contributed by atoms with Crippen LogP contribution in [-0.4, -0.2) is 12.7 Å². The molecule has 75 valence electrons. The molecule has 0 saturated carbocycles. The molecule has 0 rings (SSSR count). The smallest absolute Gasteiger partial charge is 0.119 e. The molecule has 13 heavy (non-hydrogen) atoms. The summed E-state index contributed by atoms with van der Waals surface area (Å²) in [7, 11) is 0. The summed E-state index contributed by atoms with van der Waals surface area (Å²) < 4.78 is 5.48. The Morgan fingerprint density at radius 3 is 2.38 bits per heavy atom. The van der Waals surface area contributed by atoms with Crippen LogP contribution >= 0.6 is 0 Å². The van der Waals surface area contributed by atoms with Crippen molar-refractivity contribution in [3.8, 4) is 5.92 Å². The van der Waals surface area contributed by atoms with Crippen LogP contribution in [0.15, 0.2) is 0 Å². The van der Waals surface area contributed by atoms with Crippen molar-refractivity contribution >= 4 is 0 Å². The number of rotatable bonds is 8. The Labute approximate surface area is 82.9 Å². The number of hydrogen-bond donors (Lipinski definition) is 0. The van der Waals surface area contributed by atoms with Gasteiger partial charge in [0.05, 0.1) is 0 Å². The quantitative estimate of drug-likeness (QED) is 0.412. The van der Waals surface area contributed by atoms with Crippen LogP contribution in [0.4, 0.5) is 0 Å². The van der Waals surface area contributed by atoms with Crippen LogP contribution in [-0.2, 0) is 4.74 Å². The average molecular weight is 181 g/mol. The van der Waals surface area contributed by atoms with Crippen molar-refractivity contribution in [2.75, 3.05) is 6.61 Å². The number of unbranched alkanes of at least 4 members (excludes halogenated alkanes) is 3. The van der Waals surface area contributed by atoms with E-state index in [1.165, 1.54) is 12.8 Å². The maximum atomic E-state index is 7.06. The highest BCUT2D eigenvalue weighted by Gasteiger charge is 2.03.